The van der Waals surface area contributed by atoms with Crippen molar-refractivity contribution in [1.29, 1.82) is 0 Å². The standard InChI is InChI=1S/C20H33N5O5/c1-12(2)9-24(15(26)11-23-7-5-14(6-8-23)19(28)29)16-17(21)25(10-13(3)4)20(30)22-18(16)27/h12-14H,5-11,21H2,1-4H3,(H,28,29)(H,22,27,30). The molecule has 0 aliphatic carbocycles. The van der Waals surface area contributed by atoms with E-state index in [1.807, 2.05) is 32.6 Å². The first kappa shape index (κ1) is 23.7. The Hall–Kier alpha value is -2.62. The van der Waals surface area contributed by atoms with Crippen molar-refractivity contribution >= 4 is 23.4 Å². The molecule has 10 heteroatoms. The number of piperidine rings is 1. The maximum Gasteiger partial charge on any atom is 0.330 e. The van der Waals surface area contributed by atoms with Gasteiger partial charge in [0.25, 0.3) is 5.56 Å². The third-order valence-electron chi connectivity index (χ3n) is 5.18. The lowest BCUT2D eigenvalue weighted by atomic mass is 9.97. The number of nitrogens with two attached hydrogens (primary N) is 1. The fourth-order valence-electron chi connectivity index (χ4n) is 3.68. The molecule has 0 bridgehead atoms. The monoisotopic (exact) mass is 423 g/mol. The average Bonchev–Trinajstić information content (AvgIpc) is 2.64. The summed E-state index contributed by atoms with van der Waals surface area (Å²) in [5.74, 6) is -1.33. The molecule has 0 unspecified atom stereocenters. The molecule has 1 saturated heterocycles. The quantitative estimate of drug-likeness (QED) is 0.554. The lowest BCUT2D eigenvalue weighted by Crippen LogP contribution is -2.48. The van der Waals surface area contributed by atoms with E-state index in [1.54, 1.807) is 0 Å². The Labute approximate surface area is 175 Å². The Morgan fingerprint density at radius 1 is 1.17 bits per heavy atom. The second-order valence-corrected chi connectivity index (χ2v) is 8.78. The van der Waals surface area contributed by atoms with Gasteiger partial charge in [-0.3, -0.25) is 28.8 Å². The summed E-state index contributed by atoms with van der Waals surface area (Å²) < 4.78 is 1.29. The number of aromatic nitrogens is 2. The molecule has 1 fully saturated rings. The highest BCUT2D eigenvalue weighted by molar-refractivity contribution is 5.96. The van der Waals surface area contributed by atoms with Gasteiger partial charge in [-0.2, -0.15) is 0 Å². The predicted molar refractivity (Wildman–Crippen MR) is 115 cm³/mol. The number of nitrogens with one attached hydrogen (secondary N) is 1. The van der Waals surface area contributed by atoms with Gasteiger partial charge in [0.2, 0.25) is 5.91 Å². The van der Waals surface area contributed by atoms with Crippen LogP contribution in [0, 0.1) is 17.8 Å². The number of hydrogen-bond donors (Lipinski definition) is 3. The highest BCUT2D eigenvalue weighted by atomic mass is 16.4. The van der Waals surface area contributed by atoms with Gasteiger partial charge in [-0.15, -0.1) is 0 Å². The van der Waals surface area contributed by atoms with Gasteiger partial charge in [0.05, 0.1) is 12.5 Å². The summed E-state index contributed by atoms with van der Waals surface area (Å²) in [6, 6.07) is 0. The van der Waals surface area contributed by atoms with Crippen LogP contribution in [0.25, 0.3) is 0 Å². The molecule has 2 rings (SSSR count). The normalized spacial score (nSPS) is 15.7. The first-order valence-corrected chi connectivity index (χ1v) is 10.4. The number of hydrogen-bond acceptors (Lipinski definition) is 6. The Bertz CT molecular complexity index is 881. The number of nitrogen functional groups attached to an aromatic ring is 1. The number of carboxylic acids is 1. The number of carbonyl (C=O) groups excluding carboxylic acids is 1. The number of carboxylic acid groups (broad SMARTS) is 1. The van der Waals surface area contributed by atoms with E-state index in [0.717, 1.165) is 0 Å². The summed E-state index contributed by atoms with van der Waals surface area (Å²) in [5, 5.41) is 9.14. The maximum absolute atomic E-state index is 13.2. The number of nitrogens with zero attached hydrogens (tertiary/aromatic N) is 3. The Morgan fingerprint density at radius 3 is 2.27 bits per heavy atom. The van der Waals surface area contributed by atoms with E-state index < -0.39 is 17.2 Å². The van der Waals surface area contributed by atoms with E-state index in [9.17, 15) is 19.2 Å². The molecule has 1 amide bonds. The smallest absolute Gasteiger partial charge is 0.330 e. The minimum atomic E-state index is -0.811. The van der Waals surface area contributed by atoms with Crippen molar-refractivity contribution in [2.45, 2.75) is 47.1 Å². The molecular formula is C20H33N5O5. The van der Waals surface area contributed by atoms with Gasteiger partial charge in [0, 0.05) is 13.1 Å². The number of likely N-dealkylation sites (tertiary alicyclic amines) is 1. The van der Waals surface area contributed by atoms with Gasteiger partial charge in [-0.05, 0) is 37.8 Å². The molecule has 1 aliphatic heterocycles. The number of carbonyl (C=O) groups is 2. The van der Waals surface area contributed by atoms with Crippen LogP contribution in [-0.2, 0) is 16.1 Å². The van der Waals surface area contributed by atoms with Gasteiger partial charge in [-0.1, -0.05) is 27.7 Å². The topological polar surface area (TPSA) is 142 Å². The zero-order valence-electron chi connectivity index (χ0n) is 18.2. The third-order valence-corrected chi connectivity index (χ3v) is 5.18. The van der Waals surface area contributed by atoms with Crippen molar-refractivity contribution in [2.75, 3.05) is 36.8 Å². The van der Waals surface area contributed by atoms with Crippen LogP contribution in [-0.4, -0.2) is 57.6 Å². The summed E-state index contributed by atoms with van der Waals surface area (Å²) in [6.45, 7) is 9.34. The number of H-pyrrole nitrogens is 1. The Balaban J connectivity index is 2.32. The molecule has 30 heavy (non-hydrogen) atoms. The number of aromatic amines is 1. The zero-order valence-corrected chi connectivity index (χ0v) is 18.2. The number of anilines is 2. The predicted octanol–water partition coefficient (Wildman–Crippen LogP) is 0.560. The molecule has 1 aliphatic rings. The minimum absolute atomic E-state index is 0.00521. The SMILES string of the molecule is CC(C)CN(C(=O)CN1CCC(C(=O)O)CC1)c1c(N)n(CC(C)C)c(=O)[nH]c1=O. The molecule has 168 valence electrons. The van der Waals surface area contributed by atoms with Crippen LogP contribution < -0.4 is 21.9 Å². The van der Waals surface area contributed by atoms with E-state index in [-0.39, 0.29) is 48.3 Å². The maximum atomic E-state index is 13.2. The zero-order chi connectivity index (χ0) is 22.6. The van der Waals surface area contributed by atoms with Gasteiger partial charge < -0.3 is 15.7 Å². The summed E-state index contributed by atoms with van der Waals surface area (Å²) in [4.78, 5) is 54.7. The van der Waals surface area contributed by atoms with Gasteiger partial charge in [-0.25, -0.2) is 4.79 Å². The van der Waals surface area contributed by atoms with Crippen LogP contribution in [0.15, 0.2) is 9.59 Å². The molecule has 0 radical (unpaired) electrons. The van der Waals surface area contributed by atoms with Crippen LogP contribution >= 0.6 is 0 Å². The molecule has 0 spiro atoms. The number of rotatable bonds is 8. The van der Waals surface area contributed by atoms with Gasteiger partial charge in [0.15, 0.2) is 5.69 Å². The van der Waals surface area contributed by atoms with Crippen LogP contribution in [0.3, 0.4) is 0 Å². The summed E-state index contributed by atoms with van der Waals surface area (Å²) in [5.41, 5.74) is 4.92. The van der Waals surface area contributed by atoms with Crippen molar-refractivity contribution in [3.8, 4) is 0 Å². The van der Waals surface area contributed by atoms with E-state index in [1.165, 1.54) is 9.47 Å². The Morgan fingerprint density at radius 2 is 1.77 bits per heavy atom. The van der Waals surface area contributed by atoms with E-state index in [4.69, 9.17) is 10.8 Å². The van der Waals surface area contributed by atoms with Crippen molar-refractivity contribution in [2.24, 2.45) is 17.8 Å². The largest absolute Gasteiger partial charge is 0.481 e. The fourth-order valence-corrected chi connectivity index (χ4v) is 3.68. The molecule has 1 aromatic rings. The van der Waals surface area contributed by atoms with Crippen LogP contribution in [0.4, 0.5) is 11.5 Å². The third kappa shape index (κ3) is 5.71. The molecule has 1 aromatic heterocycles. The Kier molecular flexibility index (Phi) is 7.83. The number of aliphatic carboxylic acids is 1. The molecular weight excluding hydrogens is 390 g/mol. The van der Waals surface area contributed by atoms with Crippen molar-refractivity contribution in [3.63, 3.8) is 0 Å². The van der Waals surface area contributed by atoms with Crippen molar-refractivity contribution in [3.05, 3.63) is 20.8 Å². The van der Waals surface area contributed by atoms with Gasteiger partial charge >= 0.3 is 11.7 Å². The van der Waals surface area contributed by atoms with Crippen molar-refractivity contribution < 1.29 is 14.7 Å². The van der Waals surface area contributed by atoms with E-state index in [2.05, 4.69) is 4.98 Å². The highest BCUT2D eigenvalue weighted by Crippen LogP contribution is 2.21. The molecule has 0 atom stereocenters. The lowest BCUT2D eigenvalue weighted by Gasteiger charge is -2.32. The number of amides is 1. The average molecular weight is 424 g/mol. The highest BCUT2D eigenvalue weighted by Gasteiger charge is 2.29. The molecule has 2 heterocycles. The molecule has 0 aromatic carbocycles. The first-order chi connectivity index (χ1) is 14.0. The van der Waals surface area contributed by atoms with Gasteiger partial charge in [0.1, 0.15) is 5.82 Å². The minimum Gasteiger partial charge on any atom is -0.481 e. The van der Waals surface area contributed by atoms with E-state index >= 15 is 0 Å². The first-order valence-electron chi connectivity index (χ1n) is 10.4. The summed E-state index contributed by atoms with van der Waals surface area (Å²) >= 11 is 0. The molecule has 10 nitrogen and oxygen atoms in total. The van der Waals surface area contributed by atoms with Crippen molar-refractivity contribution in [1.82, 2.24) is 14.5 Å². The van der Waals surface area contributed by atoms with Crippen LogP contribution in [0.5, 0.6) is 0 Å². The summed E-state index contributed by atoms with van der Waals surface area (Å²) in [6.07, 6.45) is 0.962. The van der Waals surface area contributed by atoms with E-state index in [0.29, 0.717) is 32.5 Å². The van der Waals surface area contributed by atoms with Crippen LogP contribution in [0.2, 0.25) is 0 Å². The summed E-state index contributed by atoms with van der Waals surface area (Å²) in [7, 11) is 0. The molecule has 0 saturated carbocycles. The lowest BCUT2D eigenvalue weighted by molar-refractivity contribution is -0.143. The second-order valence-electron chi connectivity index (χ2n) is 8.78. The fraction of sp³-hybridized carbons (Fsp3) is 0.700. The second kappa shape index (κ2) is 9.92. The van der Waals surface area contributed by atoms with Crippen LogP contribution in [0.1, 0.15) is 40.5 Å². The molecule has 4 N–H and O–H groups in total.